The first-order chi connectivity index (χ1) is 14.0. The lowest BCUT2D eigenvalue weighted by atomic mass is 10.1. The maximum Gasteiger partial charge on any atom is 0.206 e. The lowest BCUT2D eigenvalue weighted by molar-refractivity contribution is 0.112. The molecule has 0 fully saturated rings. The van der Waals surface area contributed by atoms with Crippen LogP contribution in [0.1, 0.15) is 11.1 Å². The number of fused-ring (bicyclic) bond motifs is 1. The third kappa shape index (κ3) is 3.99. The Hall–Kier alpha value is -2.83. The van der Waals surface area contributed by atoms with Crippen molar-refractivity contribution in [3.63, 3.8) is 0 Å². The Kier molecular flexibility index (Phi) is 5.30. The van der Waals surface area contributed by atoms with Crippen molar-refractivity contribution in [2.45, 2.75) is 29.4 Å². The number of rotatable bonds is 5. The summed E-state index contributed by atoms with van der Waals surface area (Å²) >= 11 is 0. The van der Waals surface area contributed by atoms with Crippen LogP contribution in [0.4, 0.5) is 5.69 Å². The molecule has 4 rings (SSSR count). The van der Waals surface area contributed by atoms with Crippen LogP contribution in [0.5, 0.6) is 5.75 Å². The molecule has 6 heteroatoms. The van der Waals surface area contributed by atoms with Gasteiger partial charge in [0, 0.05) is 6.54 Å². The van der Waals surface area contributed by atoms with Crippen molar-refractivity contribution in [2.24, 2.45) is 0 Å². The Balaban J connectivity index is 1.56. The van der Waals surface area contributed by atoms with Crippen molar-refractivity contribution in [3.05, 3.63) is 83.9 Å². The molecule has 5 nitrogen and oxygen atoms in total. The first-order valence-electron chi connectivity index (χ1n) is 9.49. The quantitative estimate of drug-likeness (QED) is 0.698. The molecule has 0 saturated heterocycles. The summed E-state index contributed by atoms with van der Waals surface area (Å²) in [6, 6.07) is 21.6. The molecular formula is C23H23NO4S. The predicted octanol–water partition coefficient (Wildman–Crippen LogP) is 3.59. The number of hydrogen-bond donors (Lipinski definition) is 1. The lowest BCUT2D eigenvalue weighted by Gasteiger charge is -2.35. The van der Waals surface area contributed by atoms with Gasteiger partial charge in [0.05, 0.1) is 28.6 Å². The maximum atomic E-state index is 12.8. The van der Waals surface area contributed by atoms with Crippen LogP contribution in [0.3, 0.4) is 0 Å². The number of para-hydroxylation sites is 2. The highest BCUT2D eigenvalue weighted by Crippen LogP contribution is 2.34. The van der Waals surface area contributed by atoms with E-state index in [9.17, 15) is 13.5 Å². The standard InChI is InChI=1S/C23H23NO4S/c1-17-6-10-20(11-7-17)29(26,27)21-12-8-18(9-13-21)14-24-15-19(16-25)28-23-5-3-2-4-22(23)24/h2-13,19,25H,14-16H2,1H3. The second-order valence-corrected chi connectivity index (χ2v) is 9.18. The molecule has 1 aliphatic heterocycles. The van der Waals surface area contributed by atoms with E-state index in [1.807, 2.05) is 43.3 Å². The number of aliphatic hydroxyl groups is 1. The topological polar surface area (TPSA) is 66.8 Å². The van der Waals surface area contributed by atoms with Crippen molar-refractivity contribution in [1.29, 1.82) is 0 Å². The van der Waals surface area contributed by atoms with Crippen LogP contribution in [0.15, 0.2) is 82.6 Å². The molecule has 0 amide bonds. The zero-order chi connectivity index (χ0) is 20.4. The first kappa shape index (κ1) is 19.5. The molecule has 1 aliphatic rings. The maximum absolute atomic E-state index is 12.8. The number of benzene rings is 3. The largest absolute Gasteiger partial charge is 0.484 e. The van der Waals surface area contributed by atoms with Crippen LogP contribution in [0, 0.1) is 6.92 Å². The normalized spacial score (nSPS) is 16.2. The smallest absolute Gasteiger partial charge is 0.206 e. The molecule has 29 heavy (non-hydrogen) atoms. The van der Waals surface area contributed by atoms with Crippen molar-refractivity contribution in [1.82, 2.24) is 0 Å². The summed E-state index contributed by atoms with van der Waals surface area (Å²) in [5.74, 6) is 0.747. The minimum absolute atomic E-state index is 0.0570. The molecule has 3 aromatic rings. The summed E-state index contributed by atoms with van der Waals surface area (Å²) in [5.41, 5.74) is 2.97. The predicted molar refractivity (Wildman–Crippen MR) is 112 cm³/mol. The van der Waals surface area contributed by atoms with E-state index >= 15 is 0 Å². The van der Waals surface area contributed by atoms with Crippen LogP contribution in [0.2, 0.25) is 0 Å². The Morgan fingerprint density at radius 3 is 2.24 bits per heavy atom. The van der Waals surface area contributed by atoms with Gasteiger partial charge >= 0.3 is 0 Å². The lowest BCUT2D eigenvalue weighted by Crippen LogP contribution is -2.41. The molecule has 1 unspecified atom stereocenters. The second kappa shape index (κ2) is 7.89. The van der Waals surface area contributed by atoms with Crippen LogP contribution < -0.4 is 9.64 Å². The van der Waals surface area contributed by atoms with Gasteiger partial charge < -0.3 is 14.7 Å². The van der Waals surface area contributed by atoms with E-state index in [0.29, 0.717) is 18.0 Å². The minimum Gasteiger partial charge on any atom is -0.484 e. The Morgan fingerprint density at radius 2 is 1.59 bits per heavy atom. The highest BCUT2D eigenvalue weighted by atomic mass is 32.2. The van der Waals surface area contributed by atoms with Crippen molar-refractivity contribution >= 4 is 15.5 Å². The second-order valence-electron chi connectivity index (χ2n) is 7.23. The van der Waals surface area contributed by atoms with E-state index in [1.54, 1.807) is 36.4 Å². The third-order valence-corrected chi connectivity index (χ3v) is 6.85. The molecule has 1 heterocycles. The molecule has 0 radical (unpaired) electrons. The molecule has 0 aliphatic carbocycles. The van der Waals surface area contributed by atoms with Gasteiger partial charge in [0.1, 0.15) is 11.9 Å². The number of aliphatic hydroxyl groups excluding tert-OH is 1. The van der Waals surface area contributed by atoms with Gasteiger partial charge in [-0.1, -0.05) is 42.0 Å². The van der Waals surface area contributed by atoms with Gasteiger partial charge in [0.25, 0.3) is 0 Å². The molecule has 1 atom stereocenters. The first-order valence-corrected chi connectivity index (χ1v) is 11.0. The molecule has 150 valence electrons. The summed E-state index contributed by atoms with van der Waals surface area (Å²) in [4.78, 5) is 2.72. The molecule has 1 N–H and O–H groups in total. The zero-order valence-electron chi connectivity index (χ0n) is 16.2. The van der Waals surface area contributed by atoms with E-state index in [-0.39, 0.29) is 17.6 Å². The van der Waals surface area contributed by atoms with Gasteiger partial charge in [-0.05, 0) is 48.9 Å². The number of ether oxygens (including phenoxy) is 1. The SMILES string of the molecule is Cc1ccc(S(=O)(=O)c2ccc(CN3CC(CO)Oc4ccccc43)cc2)cc1. The molecular weight excluding hydrogens is 386 g/mol. The fourth-order valence-electron chi connectivity index (χ4n) is 3.47. The van der Waals surface area contributed by atoms with E-state index in [0.717, 1.165) is 22.6 Å². The average Bonchev–Trinajstić information content (AvgIpc) is 2.74. The minimum atomic E-state index is -3.53. The fraction of sp³-hybridized carbons (Fsp3) is 0.217. The third-order valence-electron chi connectivity index (χ3n) is 5.07. The fourth-order valence-corrected chi connectivity index (χ4v) is 4.73. The van der Waals surface area contributed by atoms with Gasteiger partial charge in [0.2, 0.25) is 9.84 Å². The molecule has 0 bridgehead atoms. The summed E-state index contributed by atoms with van der Waals surface area (Å²) in [5, 5.41) is 9.53. The van der Waals surface area contributed by atoms with Gasteiger partial charge in [-0.2, -0.15) is 0 Å². The number of anilines is 1. The molecule has 0 aromatic heterocycles. The van der Waals surface area contributed by atoms with E-state index in [1.165, 1.54) is 0 Å². The monoisotopic (exact) mass is 409 g/mol. The van der Waals surface area contributed by atoms with Crippen LogP contribution in [-0.4, -0.2) is 32.8 Å². The van der Waals surface area contributed by atoms with Crippen molar-refractivity contribution in [2.75, 3.05) is 18.1 Å². The summed E-state index contributed by atoms with van der Waals surface area (Å²) in [6.07, 6.45) is -0.286. The van der Waals surface area contributed by atoms with E-state index in [2.05, 4.69) is 4.90 Å². The summed E-state index contributed by atoms with van der Waals surface area (Å²) in [6.45, 7) is 3.04. The Morgan fingerprint density at radius 1 is 0.966 bits per heavy atom. The van der Waals surface area contributed by atoms with Crippen molar-refractivity contribution in [3.8, 4) is 5.75 Å². The highest BCUT2D eigenvalue weighted by Gasteiger charge is 2.25. The highest BCUT2D eigenvalue weighted by molar-refractivity contribution is 7.91. The molecule has 0 spiro atoms. The average molecular weight is 410 g/mol. The van der Waals surface area contributed by atoms with Gasteiger partial charge in [-0.15, -0.1) is 0 Å². The summed E-state index contributed by atoms with van der Waals surface area (Å²) < 4.78 is 31.5. The molecule has 0 saturated carbocycles. The number of aryl methyl sites for hydroxylation is 1. The zero-order valence-corrected chi connectivity index (χ0v) is 17.0. The number of nitrogens with zero attached hydrogens (tertiary/aromatic N) is 1. The van der Waals surface area contributed by atoms with Crippen molar-refractivity contribution < 1.29 is 18.3 Å². The van der Waals surface area contributed by atoms with Gasteiger partial charge in [0.15, 0.2) is 0 Å². The molecule has 3 aromatic carbocycles. The van der Waals surface area contributed by atoms with Crippen LogP contribution >= 0.6 is 0 Å². The van der Waals surface area contributed by atoms with E-state index < -0.39 is 9.84 Å². The summed E-state index contributed by atoms with van der Waals surface area (Å²) in [7, 11) is -3.53. The van der Waals surface area contributed by atoms with Gasteiger partial charge in [-0.25, -0.2) is 8.42 Å². The Labute approximate surface area is 171 Å². The van der Waals surface area contributed by atoms with Gasteiger partial charge in [-0.3, -0.25) is 0 Å². The van der Waals surface area contributed by atoms with Crippen LogP contribution in [-0.2, 0) is 16.4 Å². The Bertz CT molecular complexity index is 1090. The van der Waals surface area contributed by atoms with E-state index in [4.69, 9.17) is 4.74 Å². The number of sulfone groups is 1. The number of hydrogen-bond acceptors (Lipinski definition) is 5. The van der Waals surface area contributed by atoms with Crippen LogP contribution in [0.25, 0.3) is 0 Å².